The zero-order valence-electron chi connectivity index (χ0n) is 9.75. The quantitative estimate of drug-likeness (QED) is 0.628. The average molecular weight is 268 g/mol. The Morgan fingerprint density at radius 2 is 2.11 bits per heavy atom. The molecule has 0 saturated heterocycles. The van der Waals surface area contributed by atoms with Gasteiger partial charge in [0.25, 0.3) is 11.6 Å². The van der Waals surface area contributed by atoms with E-state index in [2.05, 4.69) is 10.2 Å². The summed E-state index contributed by atoms with van der Waals surface area (Å²) < 4.78 is 5.39. The smallest absolute Gasteiger partial charge is 0.283 e. The topological polar surface area (TPSA) is 82.1 Å². The number of hydrogen-bond donors (Lipinski definition) is 0. The lowest BCUT2D eigenvalue weighted by atomic mass is 10.2. The van der Waals surface area contributed by atoms with Gasteiger partial charge >= 0.3 is 0 Å². The lowest BCUT2D eigenvalue weighted by molar-refractivity contribution is -0.384. The number of halogens is 1. The molecule has 0 radical (unpaired) electrons. The summed E-state index contributed by atoms with van der Waals surface area (Å²) >= 11 is 5.73. The number of aromatic nitrogens is 2. The first-order valence-electron chi connectivity index (χ1n) is 5.26. The van der Waals surface area contributed by atoms with Crippen molar-refractivity contribution in [1.82, 2.24) is 10.2 Å². The molecule has 0 amide bonds. The molecule has 0 bridgehead atoms. The minimum atomic E-state index is -0.527. The summed E-state index contributed by atoms with van der Waals surface area (Å²) in [6.07, 6.45) is 0. The summed E-state index contributed by atoms with van der Waals surface area (Å²) in [7, 11) is 0. The number of rotatable bonds is 3. The van der Waals surface area contributed by atoms with Crippen LogP contribution < -0.4 is 0 Å². The maximum Gasteiger partial charge on any atom is 0.283 e. The van der Waals surface area contributed by atoms with Crippen LogP contribution in [0.4, 0.5) is 5.69 Å². The third-order valence-corrected chi connectivity index (χ3v) is 2.56. The standard InChI is InChI=1S/C11H10ClN3O3/c1-6(2)10-13-14-11(18-10)8-4-3-7(12)5-9(8)15(16)17/h3-6H,1-2H3. The highest BCUT2D eigenvalue weighted by molar-refractivity contribution is 6.30. The molecule has 2 aromatic rings. The minimum Gasteiger partial charge on any atom is -0.420 e. The van der Waals surface area contributed by atoms with Crippen molar-refractivity contribution in [3.05, 3.63) is 39.2 Å². The van der Waals surface area contributed by atoms with Crippen molar-refractivity contribution in [1.29, 1.82) is 0 Å². The molecule has 94 valence electrons. The monoisotopic (exact) mass is 267 g/mol. The van der Waals surface area contributed by atoms with Crippen molar-refractivity contribution in [3.63, 3.8) is 0 Å². The summed E-state index contributed by atoms with van der Waals surface area (Å²) in [5, 5.41) is 18.9. The summed E-state index contributed by atoms with van der Waals surface area (Å²) in [5.74, 6) is 0.633. The van der Waals surface area contributed by atoms with Gasteiger partial charge in [-0.25, -0.2) is 0 Å². The van der Waals surface area contributed by atoms with Gasteiger partial charge in [0.1, 0.15) is 5.56 Å². The lowest BCUT2D eigenvalue weighted by Gasteiger charge is -1.99. The minimum absolute atomic E-state index is 0.0672. The van der Waals surface area contributed by atoms with Gasteiger partial charge in [0, 0.05) is 17.0 Å². The lowest BCUT2D eigenvalue weighted by Crippen LogP contribution is -1.92. The highest BCUT2D eigenvalue weighted by atomic mass is 35.5. The maximum absolute atomic E-state index is 10.9. The molecule has 0 aliphatic heterocycles. The van der Waals surface area contributed by atoms with Crippen LogP contribution in [-0.4, -0.2) is 15.1 Å². The fourth-order valence-electron chi connectivity index (χ4n) is 1.41. The van der Waals surface area contributed by atoms with Gasteiger partial charge in [-0.05, 0) is 12.1 Å². The molecule has 0 atom stereocenters. The van der Waals surface area contributed by atoms with Crippen LogP contribution >= 0.6 is 11.6 Å². The molecule has 0 N–H and O–H groups in total. The molecule has 0 aliphatic rings. The molecule has 0 fully saturated rings. The Kier molecular flexibility index (Phi) is 3.29. The van der Waals surface area contributed by atoms with E-state index in [9.17, 15) is 10.1 Å². The van der Waals surface area contributed by atoms with E-state index in [-0.39, 0.29) is 28.1 Å². The second kappa shape index (κ2) is 4.73. The number of nitro benzene ring substituents is 1. The third kappa shape index (κ3) is 2.33. The fourth-order valence-corrected chi connectivity index (χ4v) is 1.58. The molecule has 0 unspecified atom stereocenters. The van der Waals surface area contributed by atoms with Crippen molar-refractivity contribution in [3.8, 4) is 11.5 Å². The molecule has 2 rings (SSSR count). The Labute approximate surface area is 108 Å². The third-order valence-electron chi connectivity index (χ3n) is 2.32. The SMILES string of the molecule is CC(C)c1nnc(-c2ccc(Cl)cc2[N+](=O)[O-])o1. The van der Waals surface area contributed by atoms with Crippen molar-refractivity contribution >= 4 is 17.3 Å². The van der Waals surface area contributed by atoms with Crippen LogP contribution in [0.25, 0.3) is 11.5 Å². The molecule has 18 heavy (non-hydrogen) atoms. The summed E-state index contributed by atoms with van der Waals surface area (Å²) in [6, 6.07) is 4.30. The second-order valence-electron chi connectivity index (χ2n) is 4.02. The Hall–Kier alpha value is -1.95. The molecule has 7 heteroatoms. The summed E-state index contributed by atoms with van der Waals surface area (Å²) in [6.45, 7) is 3.79. The molecule has 0 saturated carbocycles. The van der Waals surface area contributed by atoms with Gasteiger partial charge in [0.15, 0.2) is 0 Å². The van der Waals surface area contributed by atoms with E-state index in [4.69, 9.17) is 16.0 Å². The van der Waals surface area contributed by atoms with Gasteiger partial charge < -0.3 is 4.42 Å². The number of nitro groups is 1. The first-order valence-corrected chi connectivity index (χ1v) is 5.64. The van der Waals surface area contributed by atoms with E-state index in [1.165, 1.54) is 12.1 Å². The van der Waals surface area contributed by atoms with Gasteiger partial charge in [-0.1, -0.05) is 25.4 Å². The molecule has 0 spiro atoms. The predicted octanol–water partition coefficient (Wildman–Crippen LogP) is 3.42. The zero-order chi connectivity index (χ0) is 13.3. The van der Waals surface area contributed by atoms with Crippen LogP contribution in [0.3, 0.4) is 0 Å². The molecule has 6 nitrogen and oxygen atoms in total. The highest BCUT2D eigenvalue weighted by Crippen LogP contribution is 2.32. The average Bonchev–Trinajstić information content (AvgIpc) is 2.78. The first-order chi connectivity index (χ1) is 8.49. The van der Waals surface area contributed by atoms with Gasteiger partial charge in [-0.2, -0.15) is 0 Å². The molecule has 0 aliphatic carbocycles. The van der Waals surface area contributed by atoms with Crippen LogP contribution in [-0.2, 0) is 0 Å². The largest absolute Gasteiger partial charge is 0.420 e. The van der Waals surface area contributed by atoms with Crippen LogP contribution in [0.5, 0.6) is 0 Å². The van der Waals surface area contributed by atoms with Crippen LogP contribution in [0, 0.1) is 10.1 Å². The molecule has 1 heterocycles. The Morgan fingerprint density at radius 3 is 2.67 bits per heavy atom. The van der Waals surface area contributed by atoms with Crippen molar-refractivity contribution in [2.24, 2.45) is 0 Å². The van der Waals surface area contributed by atoms with Gasteiger partial charge in [0.05, 0.1) is 4.92 Å². The van der Waals surface area contributed by atoms with E-state index < -0.39 is 4.92 Å². The van der Waals surface area contributed by atoms with Crippen molar-refractivity contribution < 1.29 is 9.34 Å². The van der Waals surface area contributed by atoms with E-state index in [0.29, 0.717) is 5.89 Å². The normalized spacial score (nSPS) is 10.9. The van der Waals surface area contributed by atoms with Crippen LogP contribution in [0.1, 0.15) is 25.7 Å². The Balaban J connectivity index is 2.52. The van der Waals surface area contributed by atoms with E-state index in [0.717, 1.165) is 0 Å². The molecule has 1 aromatic heterocycles. The number of hydrogen-bond acceptors (Lipinski definition) is 5. The molecular formula is C11H10ClN3O3. The predicted molar refractivity (Wildman–Crippen MR) is 65.5 cm³/mol. The Bertz CT molecular complexity index is 595. The molecular weight excluding hydrogens is 258 g/mol. The fraction of sp³-hybridized carbons (Fsp3) is 0.273. The number of benzene rings is 1. The zero-order valence-corrected chi connectivity index (χ0v) is 10.5. The van der Waals surface area contributed by atoms with E-state index >= 15 is 0 Å². The Morgan fingerprint density at radius 1 is 1.39 bits per heavy atom. The van der Waals surface area contributed by atoms with Crippen molar-refractivity contribution in [2.75, 3.05) is 0 Å². The van der Waals surface area contributed by atoms with E-state index in [1.54, 1.807) is 6.07 Å². The first kappa shape index (κ1) is 12.5. The highest BCUT2D eigenvalue weighted by Gasteiger charge is 2.21. The van der Waals surface area contributed by atoms with E-state index in [1.807, 2.05) is 13.8 Å². The van der Waals surface area contributed by atoms with Crippen LogP contribution in [0.2, 0.25) is 5.02 Å². The summed E-state index contributed by atoms with van der Waals surface area (Å²) in [4.78, 5) is 10.4. The van der Waals surface area contributed by atoms with Gasteiger partial charge in [0.2, 0.25) is 5.89 Å². The maximum atomic E-state index is 10.9. The van der Waals surface area contributed by atoms with Gasteiger partial charge in [-0.3, -0.25) is 10.1 Å². The van der Waals surface area contributed by atoms with Gasteiger partial charge in [-0.15, -0.1) is 10.2 Å². The number of nitrogens with zero attached hydrogens (tertiary/aromatic N) is 3. The van der Waals surface area contributed by atoms with Crippen molar-refractivity contribution in [2.45, 2.75) is 19.8 Å². The van der Waals surface area contributed by atoms with Crippen LogP contribution in [0.15, 0.2) is 22.6 Å². The summed E-state index contributed by atoms with van der Waals surface area (Å²) in [5.41, 5.74) is 0.116. The second-order valence-corrected chi connectivity index (χ2v) is 4.46. The molecule has 1 aromatic carbocycles.